The van der Waals surface area contributed by atoms with Gasteiger partial charge in [-0.3, -0.25) is 19.4 Å². The maximum absolute atomic E-state index is 12.4. The highest BCUT2D eigenvalue weighted by molar-refractivity contribution is 6.40. The van der Waals surface area contributed by atoms with Crippen molar-refractivity contribution in [2.24, 2.45) is 5.92 Å². The molecule has 3 aromatic heterocycles. The lowest BCUT2D eigenvalue weighted by atomic mass is 9.86. The van der Waals surface area contributed by atoms with Crippen LogP contribution in [0.1, 0.15) is 52.5 Å². The molecular formula is C20H26N6O2. The standard InChI is InChI=1S/C20H26N6O2/c1-11(2)23-19(27)20(28)24-18-14-10-22-17-13(8-9-21-17)16(14)26(25-18)15-7-5-4-6-12(15)3/h8-12,15,25H,4-7H2,1-3H3,(H,23,27)(H,24,28)/t12-,15+/m1/s1. The minimum atomic E-state index is -0.693. The third-order valence-electron chi connectivity index (χ3n) is 5.51. The molecule has 2 amide bonds. The summed E-state index contributed by atoms with van der Waals surface area (Å²) >= 11 is 0. The molecule has 0 aromatic carbocycles. The molecule has 0 unspecified atom stereocenters. The lowest BCUT2D eigenvalue weighted by Gasteiger charge is -2.30. The van der Waals surface area contributed by atoms with E-state index in [1.807, 2.05) is 19.9 Å². The fourth-order valence-corrected chi connectivity index (χ4v) is 4.15. The van der Waals surface area contributed by atoms with Crippen molar-refractivity contribution in [2.75, 3.05) is 5.32 Å². The summed E-state index contributed by atoms with van der Waals surface area (Å²) in [5, 5.41) is 10.4. The highest BCUT2D eigenvalue weighted by atomic mass is 16.2. The molecule has 148 valence electrons. The van der Waals surface area contributed by atoms with Gasteiger partial charge in [0.05, 0.1) is 16.9 Å². The van der Waals surface area contributed by atoms with Gasteiger partial charge in [0.1, 0.15) is 5.82 Å². The third-order valence-corrected chi connectivity index (χ3v) is 5.51. The van der Waals surface area contributed by atoms with Crippen molar-refractivity contribution in [3.63, 3.8) is 0 Å². The van der Waals surface area contributed by atoms with Gasteiger partial charge in [-0.2, -0.15) is 0 Å². The molecule has 1 fully saturated rings. The van der Waals surface area contributed by atoms with Crippen LogP contribution in [0.5, 0.6) is 0 Å². The van der Waals surface area contributed by atoms with Crippen LogP contribution in [0.2, 0.25) is 0 Å². The molecular weight excluding hydrogens is 356 g/mol. The number of carbonyl (C=O) groups excluding carboxylic acids is 2. The second kappa shape index (κ2) is 7.26. The first-order valence-electron chi connectivity index (χ1n) is 9.91. The molecule has 8 nitrogen and oxygen atoms in total. The van der Waals surface area contributed by atoms with Crippen molar-refractivity contribution in [1.29, 1.82) is 0 Å². The minimum absolute atomic E-state index is 0.108. The van der Waals surface area contributed by atoms with E-state index in [1.165, 1.54) is 19.3 Å². The maximum atomic E-state index is 12.4. The normalized spacial score (nSPS) is 20.0. The van der Waals surface area contributed by atoms with Crippen LogP contribution in [0, 0.1) is 5.92 Å². The summed E-state index contributed by atoms with van der Waals surface area (Å²) in [4.78, 5) is 33.2. The Bertz CT molecular complexity index is 1030. The molecule has 2 atom stereocenters. The number of carbonyl (C=O) groups is 2. The second-order valence-corrected chi connectivity index (χ2v) is 7.97. The van der Waals surface area contributed by atoms with E-state index in [2.05, 4.69) is 37.3 Å². The molecule has 1 aliphatic carbocycles. The number of aromatic amines is 1. The van der Waals surface area contributed by atoms with E-state index < -0.39 is 11.8 Å². The van der Waals surface area contributed by atoms with Gasteiger partial charge in [0.25, 0.3) is 0 Å². The summed E-state index contributed by atoms with van der Waals surface area (Å²) in [5.74, 6) is -0.340. The van der Waals surface area contributed by atoms with Gasteiger partial charge in [-0.25, -0.2) is 9.97 Å². The molecule has 28 heavy (non-hydrogen) atoms. The Hall–Kier alpha value is -2.90. The van der Waals surface area contributed by atoms with Crippen molar-refractivity contribution < 1.29 is 9.59 Å². The number of nitrogens with one attached hydrogen (secondary N) is 3. The van der Waals surface area contributed by atoms with E-state index in [-0.39, 0.29) is 6.04 Å². The number of rotatable bonds is 3. The first-order chi connectivity index (χ1) is 13.5. The van der Waals surface area contributed by atoms with Gasteiger partial charge in [0.15, 0.2) is 5.65 Å². The van der Waals surface area contributed by atoms with Crippen LogP contribution in [0.25, 0.3) is 21.9 Å². The lowest BCUT2D eigenvalue weighted by molar-refractivity contribution is -0.136. The molecule has 1 saturated carbocycles. The SMILES string of the molecule is CC(C)NC(=O)C(=O)Nc1[nH]n([C@H]2CCCC[C@H]2C)c2c1cnc1nccc12. The monoisotopic (exact) mass is 382 g/mol. The number of nitrogens with zero attached hydrogens (tertiary/aromatic N) is 3. The van der Waals surface area contributed by atoms with Crippen molar-refractivity contribution in [2.45, 2.75) is 58.5 Å². The highest BCUT2D eigenvalue weighted by Gasteiger charge is 2.27. The number of anilines is 1. The van der Waals surface area contributed by atoms with Crippen LogP contribution in [0.15, 0.2) is 18.5 Å². The van der Waals surface area contributed by atoms with Gasteiger partial charge in [-0.05, 0) is 38.7 Å². The van der Waals surface area contributed by atoms with Crippen molar-refractivity contribution >= 4 is 39.6 Å². The Morgan fingerprint density at radius 1 is 1.18 bits per heavy atom. The van der Waals surface area contributed by atoms with Gasteiger partial charge in [-0.15, -0.1) is 0 Å². The number of hydrogen-bond acceptors (Lipinski definition) is 4. The van der Waals surface area contributed by atoms with Crippen LogP contribution in [0.3, 0.4) is 0 Å². The molecule has 3 heterocycles. The number of hydrogen-bond donors (Lipinski definition) is 3. The van der Waals surface area contributed by atoms with Gasteiger partial charge in [-0.1, -0.05) is 19.8 Å². The molecule has 3 aromatic rings. The van der Waals surface area contributed by atoms with Crippen LogP contribution in [0.4, 0.5) is 5.82 Å². The molecule has 0 aliphatic heterocycles. The lowest BCUT2D eigenvalue weighted by Crippen LogP contribution is -2.39. The molecule has 0 bridgehead atoms. The average Bonchev–Trinajstić information content (AvgIpc) is 3.26. The summed E-state index contributed by atoms with van der Waals surface area (Å²) in [6.07, 6.45) is 8.11. The van der Waals surface area contributed by atoms with Gasteiger partial charge < -0.3 is 10.6 Å². The van der Waals surface area contributed by atoms with Crippen LogP contribution in [-0.2, 0) is 9.59 Å². The average molecular weight is 382 g/mol. The quantitative estimate of drug-likeness (QED) is 0.605. The number of H-pyrrole nitrogens is 1. The molecule has 4 rings (SSSR count). The van der Waals surface area contributed by atoms with Crippen LogP contribution in [-0.4, -0.2) is 37.6 Å². The number of aromatic nitrogens is 4. The van der Waals surface area contributed by atoms with E-state index in [0.717, 1.165) is 22.7 Å². The summed E-state index contributed by atoms with van der Waals surface area (Å²) in [5.41, 5.74) is 1.65. The topological polar surface area (TPSA) is 105 Å². The molecule has 0 radical (unpaired) electrons. The molecule has 8 heteroatoms. The highest BCUT2D eigenvalue weighted by Crippen LogP contribution is 2.38. The summed E-state index contributed by atoms with van der Waals surface area (Å²) in [6, 6.07) is 2.13. The Morgan fingerprint density at radius 3 is 2.71 bits per heavy atom. The van der Waals surface area contributed by atoms with Crippen molar-refractivity contribution in [1.82, 2.24) is 25.1 Å². The number of amides is 2. The predicted molar refractivity (Wildman–Crippen MR) is 108 cm³/mol. The van der Waals surface area contributed by atoms with Crippen LogP contribution < -0.4 is 10.6 Å². The molecule has 1 aliphatic rings. The Kier molecular flexibility index (Phi) is 4.78. The van der Waals surface area contributed by atoms with E-state index in [4.69, 9.17) is 0 Å². The van der Waals surface area contributed by atoms with E-state index in [9.17, 15) is 9.59 Å². The van der Waals surface area contributed by atoms with Crippen LogP contribution >= 0.6 is 0 Å². The van der Waals surface area contributed by atoms with Crippen molar-refractivity contribution in [3.8, 4) is 0 Å². The summed E-state index contributed by atoms with van der Waals surface area (Å²) < 4.78 is 2.14. The van der Waals surface area contributed by atoms with E-state index >= 15 is 0 Å². The summed E-state index contributed by atoms with van der Waals surface area (Å²) in [7, 11) is 0. The Labute approximate surface area is 163 Å². The smallest absolute Gasteiger partial charge is 0.314 e. The zero-order valence-electron chi connectivity index (χ0n) is 16.5. The van der Waals surface area contributed by atoms with Gasteiger partial charge in [0, 0.05) is 23.8 Å². The minimum Gasteiger partial charge on any atom is -0.346 e. The van der Waals surface area contributed by atoms with Gasteiger partial charge in [0.2, 0.25) is 0 Å². The summed E-state index contributed by atoms with van der Waals surface area (Å²) in [6.45, 7) is 5.90. The second-order valence-electron chi connectivity index (χ2n) is 7.97. The molecule has 0 spiro atoms. The predicted octanol–water partition coefficient (Wildman–Crippen LogP) is 3.13. The maximum Gasteiger partial charge on any atom is 0.314 e. The number of pyridine rings is 1. The zero-order valence-corrected chi connectivity index (χ0v) is 16.5. The fourth-order valence-electron chi connectivity index (χ4n) is 4.15. The first kappa shape index (κ1) is 18.5. The van der Waals surface area contributed by atoms with E-state index in [1.54, 1.807) is 12.4 Å². The fraction of sp³-hybridized carbons (Fsp3) is 0.500. The largest absolute Gasteiger partial charge is 0.346 e. The Balaban J connectivity index is 1.79. The van der Waals surface area contributed by atoms with E-state index in [0.29, 0.717) is 23.4 Å². The first-order valence-corrected chi connectivity index (χ1v) is 9.91. The van der Waals surface area contributed by atoms with Gasteiger partial charge >= 0.3 is 11.8 Å². The zero-order chi connectivity index (χ0) is 19.8. The Morgan fingerprint density at radius 2 is 1.96 bits per heavy atom. The third kappa shape index (κ3) is 3.23. The molecule has 0 saturated heterocycles. The van der Waals surface area contributed by atoms with Crippen molar-refractivity contribution in [3.05, 3.63) is 18.5 Å². The number of fused-ring (bicyclic) bond motifs is 3. The molecule has 3 N–H and O–H groups in total.